The van der Waals surface area contributed by atoms with Crippen LogP contribution in [0.15, 0.2) is 24.3 Å². The van der Waals surface area contributed by atoms with Gasteiger partial charge in [-0.1, -0.05) is 58.4 Å². The Balaban J connectivity index is 1.71. The van der Waals surface area contributed by atoms with E-state index in [0.717, 1.165) is 37.7 Å². The molecule has 1 heterocycles. The Morgan fingerprint density at radius 2 is 1.72 bits per heavy atom. The predicted octanol–water partition coefficient (Wildman–Crippen LogP) is 4.37. The number of nitrogens with one attached hydrogen (secondary N) is 1. The van der Waals surface area contributed by atoms with Crippen LogP contribution < -0.4 is 5.32 Å². The van der Waals surface area contributed by atoms with E-state index in [2.05, 4.69) is 45.1 Å². The van der Waals surface area contributed by atoms with Crippen LogP contribution in [0.25, 0.3) is 0 Å². The molecule has 1 spiro atoms. The van der Waals surface area contributed by atoms with Gasteiger partial charge >= 0.3 is 6.03 Å². The maximum atomic E-state index is 13.0. The van der Waals surface area contributed by atoms with E-state index in [0.29, 0.717) is 12.5 Å². The standard InChI is InChI=1S/C21H30N2O2/c1-5-15-10-12-21(13-11-15)18(24)23(19(25)22-21)14-16-6-8-17(9-7-16)20(2,3)4/h6-9,15H,5,10-14H2,1-4H3,(H,22,25). The van der Waals surface area contributed by atoms with Crippen LogP contribution in [0.5, 0.6) is 0 Å². The molecular weight excluding hydrogens is 312 g/mol. The van der Waals surface area contributed by atoms with Crippen molar-refractivity contribution in [2.24, 2.45) is 5.92 Å². The summed E-state index contributed by atoms with van der Waals surface area (Å²) in [6.45, 7) is 9.08. The molecule has 1 N–H and O–H groups in total. The van der Waals surface area contributed by atoms with Crippen LogP contribution in [0.3, 0.4) is 0 Å². The second-order valence-corrected chi connectivity index (χ2v) is 8.70. The Hall–Kier alpha value is -1.84. The molecule has 1 aromatic rings. The summed E-state index contributed by atoms with van der Waals surface area (Å²) in [7, 11) is 0. The summed E-state index contributed by atoms with van der Waals surface area (Å²) >= 11 is 0. The lowest BCUT2D eigenvalue weighted by molar-refractivity contribution is -0.133. The first-order valence-electron chi connectivity index (χ1n) is 9.49. The molecule has 1 aromatic carbocycles. The number of urea groups is 1. The van der Waals surface area contributed by atoms with Crippen molar-refractivity contribution in [1.29, 1.82) is 0 Å². The minimum Gasteiger partial charge on any atom is -0.323 e. The van der Waals surface area contributed by atoms with Crippen LogP contribution in [0.2, 0.25) is 0 Å². The molecule has 1 saturated heterocycles. The minimum absolute atomic E-state index is 0.0352. The quantitative estimate of drug-likeness (QED) is 0.829. The highest BCUT2D eigenvalue weighted by Crippen LogP contribution is 2.38. The van der Waals surface area contributed by atoms with Gasteiger partial charge in [-0.2, -0.15) is 0 Å². The summed E-state index contributed by atoms with van der Waals surface area (Å²) in [5, 5.41) is 3.01. The third-order valence-corrected chi connectivity index (χ3v) is 5.94. The number of nitrogens with zero attached hydrogens (tertiary/aromatic N) is 1. The van der Waals surface area contributed by atoms with Crippen molar-refractivity contribution < 1.29 is 9.59 Å². The zero-order valence-electron chi connectivity index (χ0n) is 15.9. The summed E-state index contributed by atoms with van der Waals surface area (Å²) < 4.78 is 0. The van der Waals surface area contributed by atoms with E-state index in [1.807, 2.05) is 12.1 Å². The molecule has 0 bridgehead atoms. The van der Waals surface area contributed by atoms with Crippen LogP contribution in [-0.2, 0) is 16.8 Å². The molecule has 1 aliphatic carbocycles. The summed E-state index contributed by atoms with van der Waals surface area (Å²) in [4.78, 5) is 26.8. The van der Waals surface area contributed by atoms with Gasteiger partial charge in [0.15, 0.2) is 0 Å². The Kier molecular flexibility index (Phi) is 4.65. The molecular formula is C21H30N2O2. The lowest BCUT2D eigenvalue weighted by atomic mass is 9.75. The normalized spacial score (nSPS) is 27.0. The predicted molar refractivity (Wildman–Crippen MR) is 99.2 cm³/mol. The second-order valence-electron chi connectivity index (χ2n) is 8.70. The van der Waals surface area contributed by atoms with Gasteiger partial charge < -0.3 is 5.32 Å². The number of rotatable bonds is 3. The average molecular weight is 342 g/mol. The highest BCUT2D eigenvalue weighted by atomic mass is 16.2. The lowest BCUT2D eigenvalue weighted by Crippen LogP contribution is -2.49. The van der Waals surface area contributed by atoms with Gasteiger partial charge in [-0.05, 0) is 48.1 Å². The van der Waals surface area contributed by atoms with Crippen molar-refractivity contribution in [3.05, 3.63) is 35.4 Å². The van der Waals surface area contributed by atoms with Crippen LogP contribution in [0.1, 0.15) is 70.9 Å². The fourth-order valence-electron chi connectivity index (χ4n) is 4.03. The molecule has 4 nitrogen and oxygen atoms in total. The number of imide groups is 1. The molecule has 1 saturated carbocycles. The summed E-state index contributed by atoms with van der Waals surface area (Å²) in [5.74, 6) is 0.654. The summed E-state index contributed by atoms with van der Waals surface area (Å²) in [5.41, 5.74) is 1.70. The van der Waals surface area contributed by atoms with Gasteiger partial charge in [-0.3, -0.25) is 9.69 Å². The summed E-state index contributed by atoms with van der Waals surface area (Å²) in [6, 6.07) is 8.01. The molecule has 3 amide bonds. The lowest BCUT2D eigenvalue weighted by Gasteiger charge is -2.34. The van der Waals surface area contributed by atoms with Crippen LogP contribution >= 0.6 is 0 Å². The first-order valence-corrected chi connectivity index (χ1v) is 9.49. The number of carbonyl (C=O) groups excluding carboxylic acids is 2. The first-order chi connectivity index (χ1) is 11.7. The third-order valence-electron chi connectivity index (χ3n) is 5.94. The second kappa shape index (κ2) is 6.47. The molecule has 4 heteroatoms. The van der Waals surface area contributed by atoms with Crippen molar-refractivity contribution in [1.82, 2.24) is 10.2 Å². The Bertz CT molecular complexity index is 649. The van der Waals surface area contributed by atoms with E-state index < -0.39 is 5.54 Å². The van der Waals surface area contributed by atoms with E-state index in [4.69, 9.17) is 0 Å². The first kappa shape index (κ1) is 18.0. The third kappa shape index (κ3) is 3.44. The van der Waals surface area contributed by atoms with E-state index in [9.17, 15) is 9.59 Å². The number of amides is 3. The topological polar surface area (TPSA) is 49.4 Å². The van der Waals surface area contributed by atoms with Gasteiger partial charge in [-0.25, -0.2) is 4.79 Å². The van der Waals surface area contributed by atoms with Gasteiger partial charge in [0.1, 0.15) is 5.54 Å². The fourth-order valence-corrected chi connectivity index (χ4v) is 4.03. The number of benzene rings is 1. The Morgan fingerprint density at radius 1 is 1.12 bits per heavy atom. The number of hydrogen-bond acceptors (Lipinski definition) is 2. The van der Waals surface area contributed by atoms with E-state index >= 15 is 0 Å². The number of carbonyl (C=O) groups is 2. The van der Waals surface area contributed by atoms with Crippen molar-refractivity contribution in [2.45, 2.75) is 77.3 Å². The Morgan fingerprint density at radius 3 is 2.24 bits per heavy atom. The molecule has 2 aliphatic rings. The monoisotopic (exact) mass is 342 g/mol. The zero-order valence-corrected chi connectivity index (χ0v) is 15.9. The summed E-state index contributed by atoms with van der Waals surface area (Å²) in [6.07, 6.45) is 4.75. The highest BCUT2D eigenvalue weighted by molar-refractivity contribution is 6.07. The van der Waals surface area contributed by atoms with Gasteiger partial charge in [0.2, 0.25) is 0 Å². The molecule has 1 aliphatic heterocycles. The smallest absolute Gasteiger partial charge is 0.323 e. The molecule has 0 unspecified atom stereocenters. The van der Waals surface area contributed by atoms with Crippen LogP contribution in [0.4, 0.5) is 4.79 Å². The van der Waals surface area contributed by atoms with Crippen molar-refractivity contribution in [3.63, 3.8) is 0 Å². The molecule has 3 rings (SSSR count). The SMILES string of the molecule is CCC1CCC2(CC1)NC(=O)N(Cc1ccc(C(C)(C)C)cc1)C2=O. The van der Waals surface area contributed by atoms with E-state index in [1.165, 1.54) is 10.5 Å². The molecule has 0 radical (unpaired) electrons. The van der Waals surface area contributed by atoms with Gasteiger partial charge in [0.05, 0.1) is 6.54 Å². The highest BCUT2D eigenvalue weighted by Gasteiger charge is 2.52. The largest absolute Gasteiger partial charge is 0.325 e. The molecule has 25 heavy (non-hydrogen) atoms. The van der Waals surface area contributed by atoms with Crippen molar-refractivity contribution in [3.8, 4) is 0 Å². The number of hydrogen-bond donors (Lipinski definition) is 1. The average Bonchev–Trinajstić information content (AvgIpc) is 2.80. The molecule has 2 fully saturated rings. The Labute approximate surface area is 151 Å². The van der Waals surface area contributed by atoms with Crippen molar-refractivity contribution in [2.75, 3.05) is 0 Å². The van der Waals surface area contributed by atoms with Gasteiger partial charge in [-0.15, -0.1) is 0 Å². The van der Waals surface area contributed by atoms with Gasteiger partial charge in [0, 0.05) is 0 Å². The van der Waals surface area contributed by atoms with E-state index in [-0.39, 0.29) is 17.4 Å². The van der Waals surface area contributed by atoms with Crippen LogP contribution in [0, 0.1) is 5.92 Å². The maximum absolute atomic E-state index is 13.0. The maximum Gasteiger partial charge on any atom is 0.325 e. The molecule has 0 atom stereocenters. The van der Waals surface area contributed by atoms with Crippen LogP contribution in [-0.4, -0.2) is 22.4 Å². The minimum atomic E-state index is -0.645. The fraction of sp³-hybridized carbons (Fsp3) is 0.619. The molecule has 136 valence electrons. The zero-order chi connectivity index (χ0) is 18.2. The van der Waals surface area contributed by atoms with Crippen molar-refractivity contribution >= 4 is 11.9 Å². The van der Waals surface area contributed by atoms with Gasteiger partial charge in [0.25, 0.3) is 5.91 Å². The molecule has 0 aromatic heterocycles. The van der Waals surface area contributed by atoms with E-state index in [1.54, 1.807) is 0 Å².